The molecule has 2 aromatic rings. The van der Waals surface area contributed by atoms with E-state index in [1.165, 1.54) is 0 Å². The lowest BCUT2D eigenvalue weighted by atomic mass is 10.1. The number of carbonyl (C=O) groups is 1. The van der Waals surface area contributed by atoms with Crippen LogP contribution in [0.2, 0.25) is 0 Å². The van der Waals surface area contributed by atoms with Crippen molar-refractivity contribution in [2.45, 2.75) is 25.4 Å². The monoisotopic (exact) mass is 341 g/mol. The summed E-state index contributed by atoms with van der Waals surface area (Å²) in [5.41, 5.74) is 2.87. The largest absolute Gasteiger partial charge is 0.368 e. The number of amides is 1. The maximum Gasteiger partial charge on any atom is 0.249 e. The lowest BCUT2D eigenvalue weighted by Gasteiger charge is -2.15. The van der Waals surface area contributed by atoms with Crippen molar-refractivity contribution in [1.29, 1.82) is 0 Å². The SMILES string of the molecule is CN(C)c1ncc(-c2ccncc2)c(CCNC(=O)[C@@H]2CCCO2)n1. The van der Waals surface area contributed by atoms with E-state index >= 15 is 0 Å². The van der Waals surface area contributed by atoms with Gasteiger partial charge in [0.1, 0.15) is 6.10 Å². The Morgan fingerprint density at radius 1 is 1.36 bits per heavy atom. The molecule has 1 aliphatic rings. The van der Waals surface area contributed by atoms with Crippen molar-refractivity contribution in [2.75, 3.05) is 32.1 Å². The third kappa shape index (κ3) is 4.30. The summed E-state index contributed by atoms with van der Waals surface area (Å²) < 4.78 is 5.41. The van der Waals surface area contributed by atoms with Gasteiger partial charge in [-0.1, -0.05) is 0 Å². The molecule has 0 saturated carbocycles. The summed E-state index contributed by atoms with van der Waals surface area (Å²) in [5.74, 6) is 0.614. The number of rotatable bonds is 6. The highest BCUT2D eigenvalue weighted by atomic mass is 16.5. The number of hydrogen-bond donors (Lipinski definition) is 1. The highest BCUT2D eigenvalue weighted by Gasteiger charge is 2.23. The predicted molar refractivity (Wildman–Crippen MR) is 95.3 cm³/mol. The standard InChI is InChI=1S/C18H23N5O2/c1-23(2)18-21-12-14(13-5-8-19-9-6-13)15(22-18)7-10-20-17(24)16-4-3-11-25-16/h5-6,8-9,12,16H,3-4,7,10-11H2,1-2H3,(H,20,24)/t16-/m0/s1. The van der Waals surface area contributed by atoms with E-state index in [0.29, 0.717) is 25.5 Å². The van der Waals surface area contributed by atoms with Crippen molar-refractivity contribution in [3.63, 3.8) is 0 Å². The number of anilines is 1. The van der Waals surface area contributed by atoms with Crippen molar-refractivity contribution in [3.05, 3.63) is 36.4 Å². The fraction of sp³-hybridized carbons (Fsp3) is 0.444. The van der Waals surface area contributed by atoms with E-state index in [-0.39, 0.29) is 12.0 Å². The first kappa shape index (κ1) is 17.3. The Morgan fingerprint density at radius 2 is 2.16 bits per heavy atom. The van der Waals surface area contributed by atoms with Gasteiger partial charge in [0.15, 0.2) is 0 Å². The Hall–Kier alpha value is -2.54. The van der Waals surface area contributed by atoms with Crippen LogP contribution < -0.4 is 10.2 Å². The molecule has 0 radical (unpaired) electrons. The van der Waals surface area contributed by atoms with E-state index in [0.717, 1.165) is 29.7 Å². The Morgan fingerprint density at radius 3 is 2.84 bits per heavy atom. The molecule has 1 N–H and O–H groups in total. The summed E-state index contributed by atoms with van der Waals surface area (Å²) in [6.07, 6.45) is 7.39. The van der Waals surface area contributed by atoms with Crippen LogP contribution in [-0.2, 0) is 16.0 Å². The molecule has 1 fully saturated rings. The average Bonchev–Trinajstić information content (AvgIpc) is 3.17. The normalized spacial score (nSPS) is 16.6. The second kappa shape index (κ2) is 8.02. The van der Waals surface area contributed by atoms with Crippen molar-refractivity contribution < 1.29 is 9.53 Å². The first-order chi connectivity index (χ1) is 12.1. The van der Waals surface area contributed by atoms with Crippen molar-refractivity contribution >= 4 is 11.9 Å². The van der Waals surface area contributed by atoms with Crippen LogP contribution in [0.1, 0.15) is 18.5 Å². The molecule has 3 heterocycles. The number of carbonyl (C=O) groups excluding carboxylic acids is 1. The minimum Gasteiger partial charge on any atom is -0.368 e. The van der Waals surface area contributed by atoms with E-state index in [4.69, 9.17) is 4.74 Å². The van der Waals surface area contributed by atoms with Gasteiger partial charge in [-0.2, -0.15) is 0 Å². The maximum atomic E-state index is 12.1. The van der Waals surface area contributed by atoms with Gasteiger partial charge in [0.05, 0.1) is 5.69 Å². The van der Waals surface area contributed by atoms with Gasteiger partial charge >= 0.3 is 0 Å². The Bertz CT molecular complexity index is 715. The van der Waals surface area contributed by atoms with Crippen LogP contribution in [0, 0.1) is 0 Å². The Labute approximate surface area is 147 Å². The molecule has 1 amide bonds. The predicted octanol–water partition coefficient (Wildman–Crippen LogP) is 1.44. The number of pyridine rings is 1. The van der Waals surface area contributed by atoms with E-state index in [9.17, 15) is 4.79 Å². The van der Waals surface area contributed by atoms with Gasteiger partial charge in [-0.15, -0.1) is 0 Å². The molecule has 2 aromatic heterocycles. The molecule has 0 bridgehead atoms. The van der Waals surface area contributed by atoms with Crippen LogP contribution in [0.4, 0.5) is 5.95 Å². The number of aromatic nitrogens is 3. The molecular formula is C18H23N5O2. The molecule has 1 atom stereocenters. The van der Waals surface area contributed by atoms with Crippen LogP contribution in [0.5, 0.6) is 0 Å². The minimum atomic E-state index is -0.303. The van der Waals surface area contributed by atoms with Gasteiger partial charge in [0.25, 0.3) is 0 Å². The van der Waals surface area contributed by atoms with Gasteiger partial charge in [0.2, 0.25) is 11.9 Å². The topological polar surface area (TPSA) is 80.2 Å². The smallest absolute Gasteiger partial charge is 0.249 e. The lowest BCUT2D eigenvalue weighted by molar-refractivity contribution is -0.129. The molecule has 25 heavy (non-hydrogen) atoms. The van der Waals surface area contributed by atoms with Gasteiger partial charge in [0, 0.05) is 57.8 Å². The molecule has 1 saturated heterocycles. The number of hydrogen-bond acceptors (Lipinski definition) is 6. The zero-order valence-electron chi connectivity index (χ0n) is 14.6. The molecule has 0 spiro atoms. The van der Waals surface area contributed by atoms with E-state index in [1.54, 1.807) is 12.4 Å². The fourth-order valence-corrected chi connectivity index (χ4v) is 2.79. The Kier molecular flexibility index (Phi) is 5.55. The first-order valence-electron chi connectivity index (χ1n) is 8.48. The van der Waals surface area contributed by atoms with E-state index in [1.807, 2.05) is 37.3 Å². The second-order valence-electron chi connectivity index (χ2n) is 6.20. The quantitative estimate of drug-likeness (QED) is 0.856. The first-order valence-corrected chi connectivity index (χ1v) is 8.48. The van der Waals surface area contributed by atoms with Gasteiger partial charge in [-0.05, 0) is 30.5 Å². The van der Waals surface area contributed by atoms with E-state index in [2.05, 4.69) is 20.3 Å². The third-order valence-electron chi connectivity index (χ3n) is 4.13. The van der Waals surface area contributed by atoms with Crippen molar-refractivity contribution in [2.24, 2.45) is 0 Å². The van der Waals surface area contributed by atoms with Gasteiger partial charge < -0.3 is 15.0 Å². The zero-order chi connectivity index (χ0) is 17.6. The molecule has 132 valence electrons. The van der Waals surface area contributed by atoms with Crippen LogP contribution in [0.15, 0.2) is 30.7 Å². The molecule has 0 aliphatic carbocycles. The summed E-state index contributed by atoms with van der Waals surface area (Å²) in [6, 6.07) is 3.87. The highest BCUT2D eigenvalue weighted by Crippen LogP contribution is 2.23. The lowest BCUT2D eigenvalue weighted by Crippen LogP contribution is -2.35. The number of ether oxygens (including phenoxy) is 1. The maximum absolute atomic E-state index is 12.1. The number of nitrogens with one attached hydrogen (secondary N) is 1. The second-order valence-corrected chi connectivity index (χ2v) is 6.20. The summed E-state index contributed by atoms with van der Waals surface area (Å²) in [6.45, 7) is 1.18. The van der Waals surface area contributed by atoms with Crippen LogP contribution >= 0.6 is 0 Å². The van der Waals surface area contributed by atoms with Gasteiger partial charge in [-0.25, -0.2) is 9.97 Å². The summed E-state index contributed by atoms with van der Waals surface area (Å²) in [4.78, 5) is 27.1. The molecule has 7 nitrogen and oxygen atoms in total. The molecule has 0 unspecified atom stereocenters. The zero-order valence-corrected chi connectivity index (χ0v) is 14.6. The number of nitrogens with zero attached hydrogens (tertiary/aromatic N) is 4. The minimum absolute atomic E-state index is 0.0372. The highest BCUT2D eigenvalue weighted by molar-refractivity contribution is 5.81. The third-order valence-corrected chi connectivity index (χ3v) is 4.13. The molecule has 0 aromatic carbocycles. The molecular weight excluding hydrogens is 318 g/mol. The Balaban J connectivity index is 1.73. The van der Waals surface area contributed by atoms with Crippen LogP contribution in [-0.4, -0.2) is 54.2 Å². The molecule has 1 aliphatic heterocycles. The van der Waals surface area contributed by atoms with Crippen molar-refractivity contribution in [1.82, 2.24) is 20.3 Å². The van der Waals surface area contributed by atoms with E-state index < -0.39 is 0 Å². The molecule has 7 heteroatoms. The summed E-state index contributed by atoms with van der Waals surface area (Å²) in [5, 5.41) is 2.95. The van der Waals surface area contributed by atoms with Crippen LogP contribution in [0.25, 0.3) is 11.1 Å². The van der Waals surface area contributed by atoms with Gasteiger partial charge in [-0.3, -0.25) is 9.78 Å². The average molecular weight is 341 g/mol. The van der Waals surface area contributed by atoms with Crippen LogP contribution in [0.3, 0.4) is 0 Å². The summed E-state index contributed by atoms with van der Waals surface area (Å²) in [7, 11) is 3.81. The van der Waals surface area contributed by atoms with Crippen molar-refractivity contribution in [3.8, 4) is 11.1 Å². The molecule has 3 rings (SSSR count). The fourth-order valence-electron chi connectivity index (χ4n) is 2.79. The summed E-state index contributed by atoms with van der Waals surface area (Å²) >= 11 is 0.